The molecule has 144 valence electrons. The molecule has 8 nitrogen and oxygen atoms in total. The van der Waals surface area contributed by atoms with Crippen molar-refractivity contribution in [1.82, 2.24) is 14.9 Å². The van der Waals surface area contributed by atoms with Crippen LogP contribution in [0.4, 0.5) is 11.8 Å². The number of morpholine rings is 1. The molecule has 3 saturated heterocycles. The van der Waals surface area contributed by atoms with Crippen molar-refractivity contribution >= 4 is 11.8 Å². The number of ether oxygens (including phenoxy) is 2. The summed E-state index contributed by atoms with van der Waals surface area (Å²) in [5.41, 5.74) is -0.590. The second-order valence-electron chi connectivity index (χ2n) is 7.41. The van der Waals surface area contributed by atoms with Crippen LogP contribution in [0.5, 0.6) is 0 Å². The number of rotatable bonds is 4. The Balaban J connectivity index is 1.33. The molecule has 3 aliphatic heterocycles. The van der Waals surface area contributed by atoms with Crippen molar-refractivity contribution in [3.63, 3.8) is 0 Å². The number of aliphatic hydroxyl groups is 1. The number of hydrogen-bond donors (Lipinski definition) is 1. The van der Waals surface area contributed by atoms with Crippen LogP contribution in [0.1, 0.15) is 12.8 Å². The molecule has 0 unspecified atom stereocenters. The highest BCUT2D eigenvalue weighted by atomic mass is 16.5. The molecule has 1 N–H and O–H groups in total. The fourth-order valence-corrected chi connectivity index (χ4v) is 3.89. The first-order valence-corrected chi connectivity index (χ1v) is 9.65. The number of piperazine rings is 1. The second kappa shape index (κ2) is 8.04. The van der Waals surface area contributed by atoms with E-state index in [4.69, 9.17) is 14.5 Å². The minimum absolute atomic E-state index is 0.590. The van der Waals surface area contributed by atoms with Gasteiger partial charge in [0.15, 0.2) is 0 Å². The van der Waals surface area contributed by atoms with Crippen LogP contribution in [0.3, 0.4) is 0 Å². The Kier molecular flexibility index (Phi) is 5.54. The predicted octanol–water partition coefficient (Wildman–Crippen LogP) is -0.0233. The van der Waals surface area contributed by atoms with E-state index in [1.807, 2.05) is 12.3 Å². The lowest BCUT2D eigenvalue weighted by molar-refractivity contribution is -0.0802. The molecule has 0 atom stereocenters. The monoisotopic (exact) mass is 363 g/mol. The highest BCUT2D eigenvalue weighted by molar-refractivity contribution is 5.44. The number of hydrogen-bond acceptors (Lipinski definition) is 8. The van der Waals surface area contributed by atoms with Gasteiger partial charge < -0.3 is 24.4 Å². The van der Waals surface area contributed by atoms with Crippen molar-refractivity contribution < 1.29 is 14.6 Å². The van der Waals surface area contributed by atoms with Gasteiger partial charge in [-0.2, -0.15) is 4.98 Å². The molecule has 3 fully saturated rings. The van der Waals surface area contributed by atoms with E-state index >= 15 is 0 Å². The van der Waals surface area contributed by atoms with Crippen molar-refractivity contribution in [3.05, 3.63) is 12.3 Å². The van der Waals surface area contributed by atoms with Crippen LogP contribution >= 0.6 is 0 Å². The topological polar surface area (TPSA) is 74.2 Å². The van der Waals surface area contributed by atoms with Crippen LogP contribution in [-0.4, -0.2) is 97.8 Å². The van der Waals surface area contributed by atoms with Gasteiger partial charge in [-0.1, -0.05) is 0 Å². The third-order valence-corrected chi connectivity index (χ3v) is 5.56. The quantitative estimate of drug-likeness (QED) is 0.800. The zero-order valence-electron chi connectivity index (χ0n) is 15.3. The fourth-order valence-electron chi connectivity index (χ4n) is 3.89. The summed E-state index contributed by atoms with van der Waals surface area (Å²) < 4.78 is 10.8. The smallest absolute Gasteiger partial charge is 0.227 e. The lowest BCUT2D eigenvalue weighted by atomic mass is 9.93. The lowest BCUT2D eigenvalue weighted by Gasteiger charge is -2.41. The number of aromatic nitrogens is 2. The van der Waals surface area contributed by atoms with Gasteiger partial charge in [0, 0.05) is 78.1 Å². The van der Waals surface area contributed by atoms with E-state index in [2.05, 4.69) is 19.7 Å². The average molecular weight is 363 g/mol. The molecule has 26 heavy (non-hydrogen) atoms. The van der Waals surface area contributed by atoms with Gasteiger partial charge in [-0.15, -0.1) is 0 Å². The highest BCUT2D eigenvalue weighted by Gasteiger charge is 2.33. The lowest BCUT2D eigenvalue weighted by Crippen LogP contribution is -2.53. The zero-order valence-corrected chi connectivity index (χ0v) is 15.3. The van der Waals surface area contributed by atoms with Crippen LogP contribution in [-0.2, 0) is 9.47 Å². The van der Waals surface area contributed by atoms with E-state index < -0.39 is 5.60 Å². The Bertz CT molecular complexity index is 582. The minimum Gasteiger partial charge on any atom is -0.388 e. The Labute approximate surface area is 154 Å². The summed E-state index contributed by atoms with van der Waals surface area (Å²) in [7, 11) is 0. The number of β-amino-alcohol motifs (C(OH)–C–C–N with tert-alkyl or cyclic N) is 1. The van der Waals surface area contributed by atoms with E-state index in [1.165, 1.54) is 0 Å². The standard InChI is InChI=1S/C18H29N5O3/c24-18(2-11-25-12-3-18)15-21-5-7-23(8-6-21)17-19-4-1-16(20-17)22-9-13-26-14-10-22/h1,4,24H,2-3,5-15H2. The molecule has 0 radical (unpaired) electrons. The fraction of sp³-hybridized carbons (Fsp3) is 0.778. The molecule has 1 aromatic rings. The van der Waals surface area contributed by atoms with Crippen molar-refractivity contribution in [2.75, 3.05) is 82.0 Å². The van der Waals surface area contributed by atoms with Gasteiger partial charge >= 0.3 is 0 Å². The van der Waals surface area contributed by atoms with E-state index in [0.717, 1.165) is 83.6 Å². The molecule has 8 heteroatoms. The largest absolute Gasteiger partial charge is 0.388 e. The van der Waals surface area contributed by atoms with Crippen LogP contribution < -0.4 is 9.80 Å². The maximum absolute atomic E-state index is 10.7. The van der Waals surface area contributed by atoms with Crippen molar-refractivity contribution in [2.24, 2.45) is 0 Å². The molecular formula is C18H29N5O3. The molecule has 0 aromatic carbocycles. The zero-order chi connectivity index (χ0) is 17.8. The molecule has 1 aromatic heterocycles. The third kappa shape index (κ3) is 4.25. The Morgan fingerprint density at radius 2 is 1.62 bits per heavy atom. The number of anilines is 2. The molecule has 0 amide bonds. The summed E-state index contributed by atoms with van der Waals surface area (Å²) in [6.45, 7) is 8.97. The van der Waals surface area contributed by atoms with Gasteiger partial charge in [0.1, 0.15) is 5.82 Å². The van der Waals surface area contributed by atoms with E-state index in [1.54, 1.807) is 0 Å². The highest BCUT2D eigenvalue weighted by Crippen LogP contribution is 2.23. The predicted molar refractivity (Wildman–Crippen MR) is 98.7 cm³/mol. The SMILES string of the molecule is OC1(CN2CCN(c3nccc(N4CCOCC4)n3)CC2)CCOCC1. The van der Waals surface area contributed by atoms with Crippen molar-refractivity contribution in [2.45, 2.75) is 18.4 Å². The average Bonchev–Trinajstić information content (AvgIpc) is 2.70. The summed E-state index contributed by atoms with van der Waals surface area (Å²) >= 11 is 0. The van der Waals surface area contributed by atoms with E-state index in [9.17, 15) is 5.11 Å². The van der Waals surface area contributed by atoms with Gasteiger partial charge in [-0.05, 0) is 6.07 Å². The molecule has 0 spiro atoms. The molecule has 0 bridgehead atoms. The molecule has 4 heterocycles. The van der Waals surface area contributed by atoms with E-state index in [-0.39, 0.29) is 0 Å². The summed E-state index contributed by atoms with van der Waals surface area (Å²) in [6.07, 6.45) is 3.32. The summed E-state index contributed by atoms with van der Waals surface area (Å²) in [5.74, 6) is 1.79. The maximum Gasteiger partial charge on any atom is 0.227 e. The molecule has 4 rings (SSSR count). The van der Waals surface area contributed by atoms with E-state index in [0.29, 0.717) is 13.2 Å². The van der Waals surface area contributed by atoms with Crippen LogP contribution in [0.2, 0.25) is 0 Å². The van der Waals surface area contributed by atoms with Crippen LogP contribution in [0.25, 0.3) is 0 Å². The Morgan fingerprint density at radius 3 is 2.35 bits per heavy atom. The second-order valence-corrected chi connectivity index (χ2v) is 7.41. The molecular weight excluding hydrogens is 334 g/mol. The van der Waals surface area contributed by atoms with Gasteiger partial charge in [-0.25, -0.2) is 4.98 Å². The van der Waals surface area contributed by atoms with Crippen LogP contribution in [0, 0.1) is 0 Å². The summed E-state index contributed by atoms with van der Waals surface area (Å²) in [4.78, 5) is 16.1. The van der Waals surface area contributed by atoms with Gasteiger partial charge in [0.2, 0.25) is 5.95 Å². The summed E-state index contributed by atoms with van der Waals surface area (Å²) in [6, 6.07) is 1.98. The normalized spacial score (nSPS) is 24.7. The van der Waals surface area contributed by atoms with Crippen molar-refractivity contribution in [1.29, 1.82) is 0 Å². The molecule has 3 aliphatic rings. The van der Waals surface area contributed by atoms with Crippen LogP contribution in [0.15, 0.2) is 12.3 Å². The number of nitrogens with zero attached hydrogens (tertiary/aromatic N) is 5. The molecule has 0 aliphatic carbocycles. The Hall–Kier alpha value is -1.48. The molecule has 0 saturated carbocycles. The van der Waals surface area contributed by atoms with Gasteiger partial charge in [0.25, 0.3) is 0 Å². The van der Waals surface area contributed by atoms with Gasteiger partial charge in [-0.3, -0.25) is 4.90 Å². The van der Waals surface area contributed by atoms with Gasteiger partial charge in [0.05, 0.1) is 18.8 Å². The third-order valence-electron chi connectivity index (χ3n) is 5.56. The van der Waals surface area contributed by atoms with Crippen molar-refractivity contribution in [3.8, 4) is 0 Å². The first-order chi connectivity index (χ1) is 12.7. The Morgan fingerprint density at radius 1 is 0.923 bits per heavy atom. The maximum atomic E-state index is 10.7. The minimum atomic E-state index is -0.590. The summed E-state index contributed by atoms with van der Waals surface area (Å²) in [5, 5.41) is 10.7. The first-order valence-electron chi connectivity index (χ1n) is 9.65. The first kappa shape index (κ1) is 17.9.